The molecule has 0 fully saturated rings. The number of halogens is 1. The van der Waals surface area contributed by atoms with Crippen LogP contribution in [0, 0.1) is 5.82 Å². The van der Waals surface area contributed by atoms with Crippen molar-refractivity contribution in [2.24, 2.45) is 0 Å². The Morgan fingerprint density at radius 1 is 1.47 bits per heavy atom. The van der Waals surface area contributed by atoms with Crippen molar-refractivity contribution in [1.29, 1.82) is 0 Å². The van der Waals surface area contributed by atoms with Crippen LogP contribution in [-0.4, -0.2) is 23.7 Å². The van der Waals surface area contributed by atoms with Gasteiger partial charge in [-0.25, -0.2) is 4.39 Å². The van der Waals surface area contributed by atoms with Crippen LogP contribution >= 0.6 is 0 Å². The molecular formula is C11H13FN4O. The summed E-state index contributed by atoms with van der Waals surface area (Å²) >= 11 is 0. The van der Waals surface area contributed by atoms with Gasteiger partial charge in [-0.05, 0) is 30.3 Å². The van der Waals surface area contributed by atoms with E-state index in [2.05, 4.69) is 10.1 Å². The Bertz CT molecular complexity index is 526. The molecule has 17 heavy (non-hydrogen) atoms. The lowest BCUT2D eigenvalue weighted by molar-refractivity contribution is 0.427. The Labute approximate surface area is 98.0 Å². The summed E-state index contributed by atoms with van der Waals surface area (Å²) < 4.78 is 18.6. The van der Waals surface area contributed by atoms with Gasteiger partial charge in [0.25, 0.3) is 11.8 Å². The molecule has 6 heteroatoms. The fraction of sp³-hybridized carbons (Fsp3) is 0.273. The summed E-state index contributed by atoms with van der Waals surface area (Å²) in [6, 6.07) is 4.23. The molecule has 0 saturated carbocycles. The van der Waals surface area contributed by atoms with E-state index in [1.54, 1.807) is 4.90 Å². The Morgan fingerprint density at radius 2 is 2.24 bits per heavy atom. The molecule has 1 aromatic heterocycles. The van der Waals surface area contributed by atoms with Gasteiger partial charge in [-0.1, -0.05) is 0 Å². The predicted molar refractivity (Wildman–Crippen MR) is 63.0 cm³/mol. The van der Waals surface area contributed by atoms with Crippen molar-refractivity contribution in [2.75, 3.05) is 24.2 Å². The van der Waals surface area contributed by atoms with E-state index < -0.39 is 5.82 Å². The van der Waals surface area contributed by atoms with Gasteiger partial charge in [-0.15, -0.1) is 0 Å². The van der Waals surface area contributed by atoms with E-state index >= 15 is 0 Å². The first kappa shape index (κ1) is 11.4. The fourth-order valence-corrected chi connectivity index (χ4v) is 1.33. The molecule has 0 amide bonds. The first-order valence-corrected chi connectivity index (χ1v) is 5.22. The minimum Gasteiger partial charge on any atom is -0.399 e. The van der Waals surface area contributed by atoms with Crippen molar-refractivity contribution in [2.45, 2.75) is 6.92 Å². The number of rotatable bonds is 3. The zero-order chi connectivity index (χ0) is 12.4. The standard InChI is InChI=1S/C11H13FN4O/c1-3-16(2)11-14-10(17-15-11)8-6-7(13)4-5-9(8)12/h4-6H,3,13H2,1-2H3. The van der Waals surface area contributed by atoms with E-state index in [1.807, 2.05) is 14.0 Å². The Balaban J connectivity index is 2.40. The van der Waals surface area contributed by atoms with Crippen molar-refractivity contribution < 1.29 is 8.91 Å². The molecule has 2 N–H and O–H groups in total. The van der Waals surface area contributed by atoms with Gasteiger partial charge in [0.15, 0.2) is 0 Å². The Hall–Kier alpha value is -2.11. The smallest absolute Gasteiger partial charge is 0.266 e. The molecule has 0 aliphatic rings. The lowest BCUT2D eigenvalue weighted by atomic mass is 10.2. The average Bonchev–Trinajstić information content (AvgIpc) is 2.80. The minimum absolute atomic E-state index is 0.130. The number of benzene rings is 1. The molecule has 0 atom stereocenters. The Morgan fingerprint density at radius 3 is 2.94 bits per heavy atom. The molecule has 2 rings (SSSR count). The minimum atomic E-state index is -0.437. The maximum Gasteiger partial charge on any atom is 0.266 e. The summed E-state index contributed by atoms with van der Waals surface area (Å²) in [5.74, 6) is 0.114. The highest BCUT2D eigenvalue weighted by atomic mass is 19.1. The van der Waals surface area contributed by atoms with Gasteiger partial charge in [0.05, 0.1) is 5.56 Å². The maximum absolute atomic E-state index is 13.6. The van der Waals surface area contributed by atoms with Crippen molar-refractivity contribution in [3.63, 3.8) is 0 Å². The summed E-state index contributed by atoms with van der Waals surface area (Å²) in [4.78, 5) is 5.89. The highest BCUT2D eigenvalue weighted by Crippen LogP contribution is 2.24. The van der Waals surface area contributed by atoms with Crippen LogP contribution in [0.5, 0.6) is 0 Å². The van der Waals surface area contributed by atoms with E-state index in [9.17, 15) is 4.39 Å². The monoisotopic (exact) mass is 236 g/mol. The fourth-order valence-electron chi connectivity index (χ4n) is 1.33. The summed E-state index contributed by atoms with van der Waals surface area (Å²) in [5, 5.41) is 3.77. The third-order valence-corrected chi connectivity index (χ3v) is 2.45. The maximum atomic E-state index is 13.6. The zero-order valence-electron chi connectivity index (χ0n) is 9.64. The third kappa shape index (κ3) is 2.20. The van der Waals surface area contributed by atoms with Gasteiger partial charge in [-0.3, -0.25) is 0 Å². The molecule has 1 heterocycles. The average molecular weight is 236 g/mol. The van der Waals surface area contributed by atoms with Gasteiger partial charge in [-0.2, -0.15) is 4.98 Å². The summed E-state index contributed by atoms with van der Waals surface area (Å²) in [7, 11) is 1.82. The van der Waals surface area contributed by atoms with Gasteiger partial charge in [0.2, 0.25) is 0 Å². The molecule has 0 aliphatic carbocycles. The van der Waals surface area contributed by atoms with Crippen LogP contribution in [0.15, 0.2) is 22.7 Å². The molecule has 0 spiro atoms. The van der Waals surface area contributed by atoms with E-state index in [0.29, 0.717) is 11.6 Å². The number of hydrogen-bond acceptors (Lipinski definition) is 5. The first-order chi connectivity index (χ1) is 8.11. The molecule has 0 unspecified atom stereocenters. The number of nitrogens with two attached hydrogens (primary N) is 1. The van der Waals surface area contributed by atoms with E-state index in [4.69, 9.17) is 10.3 Å². The summed E-state index contributed by atoms with van der Waals surface area (Å²) in [5.41, 5.74) is 6.26. The SMILES string of the molecule is CCN(C)c1noc(-c2cc(N)ccc2F)n1. The zero-order valence-corrected chi connectivity index (χ0v) is 9.64. The molecule has 1 aromatic carbocycles. The number of nitrogen functional groups attached to an aromatic ring is 1. The summed E-state index contributed by atoms with van der Waals surface area (Å²) in [6.45, 7) is 2.69. The van der Waals surface area contributed by atoms with Crippen molar-refractivity contribution in [3.05, 3.63) is 24.0 Å². The normalized spacial score (nSPS) is 10.5. The number of hydrogen-bond donors (Lipinski definition) is 1. The molecule has 5 nitrogen and oxygen atoms in total. The van der Waals surface area contributed by atoms with Crippen LogP contribution in [0.25, 0.3) is 11.5 Å². The first-order valence-electron chi connectivity index (χ1n) is 5.22. The third-order valence-electron chi connectivity index (χ3n) is 2.45. The van der Waals surface area contributed by atoms with Crippen molar-refractivity contribution in [1.82, 2.24) is 10.1 Å². The van der Waals surface area contributed by atoms with Gasteiger partial charge < -0.3 is 15.2 Å². The number of anilines is 2. The summed E-state index contributed by atoms with van der Waals surface area (Å²) in [6.07, 6.45) is 0. The molecule has 0 saturated heterocycles. The molecule has 0 aliphatic heterocycles. The van der Waals surface area contributed by atoms with Crippen LogP contribution in [-0.2, 0) is 0 Å². The second kappa shape index (κ2) is 4.40. The van der Waals surface area contributed by atoms with Gasteiger partial charge in [0.1, 0.15) is 5.82 Å². The topological polar surface area (TPSA) is 68.2 Å². The van der Waals surface area contributed by atoms with Gasteiger partial charge in [0, 0.05) is 19.3 Å². The van der Waals surface area contributed by atoms with Crippen LogP contribution in [0.3, 0.4) is 0 Å². The van der Waals surface area contributed by atoms with Crippen molar-refractivity contribution in [3.8, 4) is 11.5 Å². The van der Waals surface area contributed by atoms with Gasteiger partial charge >= 0.3 is 0 Å². The van der Waals surface area contributed by atoms with E-state index in [1.165, 1.54) is 18.2 Å². The van der Waals surface area contributed by atoms with Crippen LogP contribution in [0.1, 0.15) is 6.92 Å². The Kier molecular flexibility index (Phi) is 2.95. The molecule has 90 valence electrons. The second-order valence-corrected chi connectivity index (χ2v) is 3.65. The largest absolute Gasteiger partial charge is 0.399 e. The molecule has 2 aromatic rings. The lowest BCUT2D eigenvalue weighted by Crippen LogP contribution is -2.16. The number of aromatic nitrogens is 2. The second-order valence-electron chi connectivity index (χ2n) is 3.65. The number of nitrogens with zero attached hydrogens (tertiary/aromatic N) is 3. The molecule has 0 radical (unpaired) electrons. The lowest BCUT2D eigenvalue weighted by Gasteiger charge is -2.08. The van der Waals surface area contributed by atoms with Crippen LogP contribution in [0.4, 0.5) is 16.0 Å². The highest BCUT2D eigenvalue weighted by molar-refractivity contribution is 5.61. The van der Waals surface area contributed by atoms with Crippen molar-refractivity contribution >= 4 is 11.6 Å². The highest BCUT2D eigenvalue weighted by Gasteiger charge is 2.15. The van der Waals surface area contributed by atoms with Crippen LogP contribution in [0.2, 0.25) is 0 Å². The van der Waals surface area contributed by atoms with E-state index in [-0.39, 0.29) is 11.5 Å². The van der Waals surface area contributed by atoms with E-state index in [0.717, 1.165) is 6.54 Å². The molecule has 0 bridgehead atoms. The van der Waals surface area contributed by atoms with Crippen LogP contribution < -0.4 is 10.6 Å². The predicted octanol–water partition coefficient (Wildman–Crippen LogP) is 1.91. The quantitative estimate of drug-likeness (QED) is 0.824. The molecular weight excluding hydrogens is 223 g/mol.